The van der Waals surface area contributed by atoms with Crippen LogP contribution in [0.3, 0.4) is 0 Å². The first-order chi connectivity index (χ1) is 4.20. The van der Waals surface area contributed by atoms with Crippen molar-refractivity contribution in [2.75, 3.05) is 13.2 Å². The smallest absolute Gasteiger partial charge is 0.193 e. The summed E-state index contributed by atoms with van der Waals surface area (Å²) in [4.78, 5) is 0. The van der Waals surface area contributed by atoms with Gasteiger partial charge < -0.3 is 20.4 Å². The van der Waals surface area contributed by atoms with E-state index < -0.39 is 25.2 Å². The van der Waals surface area contributed by atoms with Crippen molar-refractivity contribution < 1.29 is 20.4 Å². The number of hydrogen-bond acceptors (Lipinski definition) is 4. The first-order valence-corrected chi connectivity index (χ1v) is 2.63. The lowest BCUT2D eigenvalue weighted by Crippen LogP contribution is -2.33. The molecule has 0 spiro atoms. The van der Waals surface area contributed by atoms with E-state index in [0.717, 1.165) is 7.28 Å². The zero-order valence-electron chi connectivity index (χ0n) is 4.94. The minimum Gasteiger partial charge on any atom is -0.400 e. The number of aliphatic hydroxyl groups is 4. The standard InChI is InChI=1S/C4H10BO4/c6-1-3(8)5-4(9)2-7/h3-4,6-9H,1-2H2. The lowest BCUT2D eigenvalue weighted by atomic mass is 9.66. The molecule has 0 aliphatic carbocycles. The van der Waals surface area contributed by atoms with E-state index in [4.69, 9.17) is 20.4 Å². The maximum atomic E-state index is 8.58. The minimum atomic E-state index is -1.05. The Balaban J connectivity index is 3.22. The van der Waals surface area contributed by atoms with Gasteiger partial charge in [-0.25, -0.2) is 0 Å². The van der Waals surface area contributed by atoms with Gasteiger partial charge in [0, 0.05) is 12.0 Å². The SMILES string of the molecule is OCC(O)[B]C(O)CO. The molecule has 0 aliphatic rings. The average molecular weight is 133 g/mol. The van der Waals surface area contributed by atoms with Crippen LogP contribution in [0, 0.1) is 0 Å². The van der Waals surface area contributed by atoms with Gasteiger partial charge in [0.05, 0.1) is 13.2 Å². The third kappa shape index (κ3) is 4.41. The van der Waals surface area contributed by atoms with Crippen LogP contribution in [0.25, 0.3) is 0 Å². The molecule has 0 aromatic heterocycles. The van der Waals surface area contributed by atoms with Gasteiger partial charge in [0.15, 0.2) is 7.28 Å². The second-order valence-corrected chi connectivity index (χ2v) is 1.69. The van der Waals surface area contributed by atoms with Crippen LogP contribution in [0.2, 0.25) is 0 Å². The van der Waals surface area contributed by atoms with Gasteiger partial charge in [-0.1, -0.05) is 0 Å². The van der Waals surface area contributed by atoms with E-state index in [1.54, 1.807) is 0 Å². The molecule has 0 bridgehead atoms. The van der Waals surface area contributed by atoms with E-state index in [1.165, 1.54) is 0 Å². The van der Waals surface area contributed by atoms with Gasteiger partial charge in [0.1, 0.15) is 0 Å². The maximum absolute atomic E-state index is 8.58. The molecule has 0 aromatic carbocycles. The fourth-order valence-electron chi connectivity index (χ4n) is 0.378. The van der Waals surface area contributed by atoms with E-state index in [9.17, 15) is 0 Å². The van der Waals surface area contributed by atoms with E-state index in [0.29, 0.717) is 0 Å². The van der Waals surface area contributed by atoms with E-state index in [-0.39, 0.29) is 0 Å². The predicted molar refractivity (Wildman–Crippen MR) is 31.9 cm³/mol. The summed E-state index contributed by atoms with van der Waals surface area (Å²) < 4.78 is 0. The summed E-state index contributed by atoms with van der Waals surface area (Å²) in [7, 11) is 1.06. The van der Waals surface area contributed by atoms with Crippen LogP contribution >= 0.6 is 0 Å². The molecule has 53 valence electrons. The fourth-order valence-corrected chi connectivity index (χ4v) is 0.378. The fraction of sp³-hybridized carbons (Fsp3) is 1.00. The molecule has 0 saturated heterocycles. The van der Waals surface area contributed by atoms with Crippen molar-refractivity contribution >= 4 is 7.28 Å². The predicted octanol–water partition coefficient (Wildman–Crippen LogP) is -2.69. The molecule has 9 heavy (non-hydrogen) atoms. The quantitative estimate of drug-likeness (QED) is 0.315. The van der Waals surface area contributed by atoms with Gasteiger partial charge in [-0.05, 0) is 0 Å². The molecule has 2 unspecified atom stereocenters. The highest BCUT2D eigenvalue weighted by Crippen LogP contribution is 1.83. The normalized spacial score (nSPS) is 16.9. The first-order valence-electron chi connectivity index (χ1n) is 2.63. The Bertz CT molecular complexity index is 61.6. The van der Waals surface area contributed by atoms with Gasteiger partial charge in [0.2, 0.25) is 0 Å². The van der Waals surface area contributed by atoms with Crippen LogP contribution in [0.15, 0.2) is 0 Å². The molecular formula is C4H10BO4. The Labute approximate surface area is 54.0 Å². The lowest BCUT2D eigenvalue weighted by Gasteiger charge is -2.08. The van der Waals surface area contributed by atoms with Crippen molar-refractivity contribution in [1.29, 1.82) is 0 Å². The number of aliphatic hydroxyl groups excluding tert-OH is 4. The zero-order chi connectivity index (χ0) is 7.28. The Hall–Kier alpha value is -0.0951. The van der Waals surface area contributed by atoms with Crippen LogP contribution in [0.4, 0.5) is 0 Å². The van der Waals surface area contributed by atoms with Crippen molar-refractivity contribution in [3.05, 3.63) is 0 Å². The van der Waals surface area contributed by atoms with Crippen molar-refractivity contribution in [2.45, 2.75) is 12.0 Å². The molecule has 5 heteroatoms. The molecule has 0 rings (SSSR count). The average Bonchev–Trinajstić information content (AvgIpc) is 1.87. The minimum absolute atomic E-state index is 0.433. The number of rotatable bonds is 4. The number of hydrogen-bond donors (Lipinski definition) is 4. The van der Waals surface area contributed by atoms with Gasteiger partial charge in [-0.3, -0.25) is 0 Å². The highest BCUT2D eigenvalue weighted by Gasteiger charge is 2.11. The summed E-state index contributed by atoms with van der Waals surface area (Å²) in [5.41, 5.74) is 0. The second-order valence-electron chi connectivity index (χ2n) is 1.69. The Kier molecular flexibility index (Phi) is 4.70. The molecular weight excluding hydrogens is 123 g/mol. The summed E-state index contributed by atoms with van der Waals surface area (Å²) in [6.45, 7) is -0.867. The van der Waals surface area contributed by atoms with Gasteiger partial charge in [-0.15, -0.1) is 0 Å². The van der Waals surface area contributed by atoms with Crippen LogP contribution in [0.5, 0.6) is 0 Å². The van der Waals surface area contributed by atoms with Crippen LogP contribution in [0.1, 0.15) is 0 Å². The molecule has 4 nitrogen and oxygen atoms in total. The molecule has 0 heterocycles. The topological polar surface area (TPSA) is 80.9 Å². The molecule has 0 aromatic rings. The summed E-state index contributed by atoms with van der Waals surface area (Å²) in [6, 6.07) is -2.10. The summed E-state index contributed by atoms with van der Waals surface area (Å²) >= 11 is 0. The molecule has 4 N–H and O–H groups in total. The van der Waals surface area contributed by atoms with E-state index in [2.05, 4.69) is 0 Å². The highest BCUT2D eigenvalue weighted by atomic mass is 16.3. The van der Waals surface area contributed by atoms with E-state index in [1.807, 2.05) is 0 Å². The summed E-state index contributed by atoms with van der Waals surface area (Å²) in [6.07, 6.45) is 0. The van der Waals surface area contributed by atoms with Gasteiger partial charge >= 0.3 is 0 Å². The van der Waals surface area contributed by atoms with Gasteiger partial charge in [-0.2, -0.15) is 0 Å². The monoisotopic (exact) mass is 133 g/mol. The Morgan fingerprint density at radius 1 is 1.00 bits per heavy atom. The zero-order valence-corrected chi connectivity index (χ0v) is 4.94. The summed E-state index contributed by atoms with van der Waals surface area (Å²) in [5, 5.41) is 33.6. The van der Waals surface area contributed by atoms with Crippen LogP contribution in [-0.2, 0) is 0 Å². The molecule has 0 aliphatic heterocycles. The molecule has 1 radical (unpaired) electrons. The van der Waals surface area contributed by atoms with E-state index >= 15 is 0 Å². The highest BCUT2D eigenvalue weighted by molar-refractivity contribution is 6.38. The molecule has 0 saturated carbocycles. The molecule has 0 fully saturated rings. The lowest BCUT2D eigenvalue weighted by molar-refractivity contribution is 0.122. The second kappa shape index (κ2) is 4.75. The van der Waals surface area contributed by atoms with Crippen molar-refractivity contribution in [3.63, 3.8) is 0 Å². The molecule has 0 amide bonds. The molecule has 2 atom stereocenters. The first kappa shape index (κ1) is 8.90. The Morgan fingerprint density at radius 2 is 1.33 bits per heavy atom. The summed E-state index contributed by atoms with van der Waals surface area (Å²) in [5.74, 6) is 0. The van der Waals surface area contributed by atoms with Crippen molar-refractivity contribution in [1.82, 2.24) is 0 Å². The van der Waals surface area contributed by atoms with Crippen LogP contribution in [-0.4, -0.2) is 52.9 Å². The third-order valence-corrected chi connectivity index (χ3v) is 0.818. The largest absolute Gasteiger partial charge is 0.400 e. The third-order valence-electron chi connectivity index (χ3n) is 0.818. The van der Waals surface area contributed by atoms with Gasteiger partial charge in [0.25, 0.3) is 0 Å². The van der Waals surface area contributed by atoms with Crippen molar-refractivity contribution in [2.24, 2.45) is 0 Å². The van der Waals surface area contributed by atoms with Crippen LogP contribution < -0.4 is 0 Å². The Morgan fingerprint density at radius 3 is 1.56 bits per heavy atom. The van der Waals surface area contributed by atoms with Crippen molar-refractivity contribution in [3.8, 4) is 0 Å². The maximum Gasteiger partial charge on any atom is 0.193 e.